The fourth-order valence-corrected chi connectivity index (χ4v) is 3.30. The first-order valence-electron chi connectivity index (χ1n) is 8.40. The van der Waals surface area contributed by atoms with Gasteiger partial charge in [-0.15, -0.1) is 0 Å². The van der Waals surface area contributed by atoms with Crippen molar-refractivity contribution in [3.05, 3.63) is 36.5 Å². The number of aromatic nitrogens is 5. The van der Waals surface area contributed by atoms with Crippen molar-refractivity contribution in [3.8, 4) is 0 Å². The standard InChI is InChI=1S/C17H20N6O2/c1-3-23-9-8-19-15(23)13-11(6-10-25-13)16(24)21-17-20-12-5-4-7-18-14(12)22(17)2/h4-5,7-9,11,13H,3,6,10H2,1-2H3,(H,20,21,24)/t11-,13-/m1/s1. The molecule has 130 valence electrons. The van der Waals surface area contributed by atoms with E-state index in [9.17, 15) is 4.79 Å². The maximum Gasteiger partial charge on any atom is 0.232 e. The van der Waals surface area contributed by atoms with Crippen LogP contribution in [0.15, 0.2) is 30.7 Å². The zero-order chi connectivity index (χ0) is 17.4. The minimum atomic E-state index is -0.331. The lowest BCUT2D eigenvalue weighted by Crippen LogP contribution is -2.28. The summed E-state index contributed by atoms with van der Waals surface area (Å²) < 4.78 is 9.61. The number of nitrogens with one attached hydrogen (secondary N) is 1. The number of imidazole rings is 2. The molecule has 4 heterocycles. The topological polar surface area (TPSA) is 86.9 Å². The first kappa shape index (κ1) is 15.8. The van der Waals surface area contributed by atoms with Crippen LogP contribution in [0, 0.1) is 5.92 Å². The quantitative estimate of drug-likeness (QED) is 0.784. The van der Waals surface area contributed by atoms with E-state index in [1.165, 1.54) is 0 Å². The fourth-order valence-electron chi connectivity index (χ4n) is 3.30. The molecule has 1 aliphatic rings. The molecule has 1 fully saturated rings. The van der Waals surface area contributed by atoms with Crippen molar-refractivity contribution in [2.45, 2.75) is 26.0 Å². The van der Waals surface area contributed by atoms with Crippen molar-refractivity contribution in [3.63, 3.8) is 0 Å². The van der Waals surface area contributed by atoms with Gasteiger partial charge in [-0.1, -0.05) is 0 Å². The molecule has 0 spiro atoms. The van der Waals surface area contributed by atoms with E-state index in [4.69, 9.17) is 4.74 Å². The van der Waals surface area contributed by atoms with Crippen LogP contribution in [-0.4, -0.2) is 36.6 Å². The molecule has 0 aliphatic carbocycles. The van der Waals surface area contributed by atoms with E-state index in [2.05, 4.69) is 20.3 Å². The summed E-state index contributed by atoms with van der Waals surface area (Å²) in [6, 6.07) is 3.70. The van der Waals surface area contributed by atoms with Crippen molar-refractivity contribution in [1.29, 1.82) is 0 Å². The maximum absolute atomic E-state index is 12.8. The normalized spacial score (nSPS) is 20.2. The van der Waals surface area contributed by atoms with E-state index in [0.717, 1.165) is 23.5 Å². The molecule has 1 N–H and O–H groups in total. The van der Waals surface area contributed by atoms with Crippen molar-refractivity contribution in [1.82, 2.24) is 24.1 Å². The summed E-state index contributed by atoms with van der Waals surface area (Å²) in [7, 11) is 1.84. The Labute approximate surface area is 144 Å². The summed E-state index contributed by atoms with van der Waals surface area (Å²) in [5.41, 5.74) is 1.49. The number of nitrogens with zero attached hydrogens (tertiary/aromatic N) is 5. The second-order valence-corrected chi connectivity index (χ2v) is 6.09. The number of carbonyl (C=O) groups excluding carboxylic acids is 1. The number of hydrogen-bond donors (Lipinski definition) is 1. The number of ether oxygens (including phenoxy) is 1. The molecule has 1 saturated heterocycles. The summed E-state index contributed by atoms with van der Waals surface area (Å²) in [4.78, 5) is 26.0. The summed E-state index contributed by atoms with van der Waals surface area (Å²) in [5.74, 6) is 0.891. The maximum atomic E-state index is 12.8. The molecular weight excluding hydrogens is 320 g/mol. The predicted octanol–water partition coefficient (Wildman–Crippen LogP) is 1.90. The highest BCUT2D eigenvalue weighted by atomic mass is 16.5. The smallest absolute Gasteiger partial charge is 0.232 e. The Morgan fingerprint density at radius 2 is 2.28 bits per heavy atom. The summed E-state index contributed by atoms with van der Waals surface area (Å²) in [6.07, 6.45) is 5.69. The molecule has 0 unspecified atom stereocenters. The molecular formula is C17H20N6O2. The lowest BCUT2D eigenvalue weighted by molar-refractivity contribution is -0.121. The van der Waals surface area contributed by atoms with Gasteiger partial charge < -0.3 is 9.30 Å². The third-order valence-electron chi connectivity index (χ3n) is 4.63. The zero-order valence-electron chi connectivity index (χ0n) is 14.2. The number of hydrogen-bond acceptors (Lipinski definition) is 5. The molecule has 0 radical (unpaired) electrons. The van der Waals surface area contributed by atoms with E-state index < -0.39 is 0 Å². The van der Waals surface area contributed by atoms with E-state index in [1.807, 2.05) is 36.9 Å². The molecule has 4 rings (SSSR count). The van der Waals surface area contributed by atoms with E-state index in [0.29, 0.717) is 19.0 Å². The van der Waals surface area contributed by atoms with Crippen LogP contribution in [0.1, 0.15) is 25.3 Å². The second-order valence-electron chi connectivity index (χ2n) is 6.09. The van der Waals surface area contributed by atoms with Crippen LogP contribution in [0.2, 0.25) is 0 Å². The molecule has 8 nitrogen and oxygen atoms in total. The third kappa shape index (κ3) is 2.68. The molecule has 0 saturated carbocycles. The van der Waals surface area contributed by atoms with Gasteiger partial charge in [0.25, 0.3) is 0 Å². The number of fused-ring (bicyclic) bond motifs is 1. The first-order valence-corrected chi connectivity index (χ1v) is 8.40. The Hall–Kier alpha value is -2.74. The van der Waals surface area contributed by atoms with Crippen molar-refractivity contribution >= 4 is 23.0 Å². The number of rotatable bonds is 4. The monoisotopic (exact) mass is 340 g/mol. The van der Waals surface area contributed by atoms with Crippen LogP contribution in [0.4, 0.5) is 5.95 Å². The highest BCUT2D eigenvalue weighted by molar-refractivity contribution is 5.93. The van der Waals surface area contributed by atoms with Gasteiger partial charge in [0.1, 0.15) is 17.4 Å². The van der Waals surface area contributed by atoms with Crippen LogP contribution in [0.5, 0.6) is 0 Å². The van der Waals surface area contributed by atoms with Crippen molar-refractivity contribution in [2.75, 3.05) is 11.9 Å². The molecule has 1 aliphatic heterocycles. The number of pyridine rings is 1. The molecule has 1 amide bonds. The Morgan fingerprint density at radius 1 is 1.40 bits per heavy atom. The summed E-state index contributed by atoms with van der Waals surface area (Å²) in [5, 5.41) is 2.93. The summed E-state index contributed by atoms with van der Waals surface area (Å²) >= 11 is 0. The third-order valence-corrected chi connectivity index (χ3v) is 4.63. The molecule has 0 aromatic carbocycles. The molecule has 2 atom stereocenters. The van der Waals surface area contributed by atoms with E-state index >= 15 is 0 Å². The minimum Gasteiger partial charge on any atom is -0.369 e. The fraction of sp³-hybridized carbons (Fsp3) is 0.412. The van der Waals surface area contributed by atoms with Gasteiger partial charge in [0.15, 0.2) is 5.65 Å². The summed E-state index contributed by atoms with van der Waals surface area (Å²) in [6.45, 7) is 3.38. The second kappa shape index (κ2) is 6.29. The largest absolute Gasteiger partial charge is 0.369 e. The molecule has 25 heavy (non-hydrogen) atoms. The number of carbonyl (C=O) groups is 1. The van der Waals surface area contributed by atoms with Crippen LogP contribution in [0.3, 0.4) is 0 Å². The Bertz CT molecular complexity index is 915. The lowest BCUT2D eigenvalue weighted by Gasteiger charge is -2.18. The van der Waals surface area contributed by atoms with Gasteiger partial charge in [0.05, 0.1) is 5.92 Å². The molecule has 3 aromatic heterocycles. The van der Waals surface area contributed by atoms with Crippen LogP contribution < -0.4 is 5.32 Å². The van der Waals surface area contributed by atoms with Gasteiger partial charge in [0, 0.05) is 38.8 Å². The van der Waals surface area contributed by atoms with E-state index in [-0.39, 0.29) is 17.9 Å². The lowest BCUT2D eigenvalue weighted by atomic mass is 10.00. The van der Waals surface area contributed by atoms with Gasteiger partial charge >= 0.3 is 0 Å². The molecule has 0 bridgehead atoms. The van der Waals surface area contributed by atoms with Gasteiger partial charge in [0.2, 0.25) is 11.9 Å². The average Bonchev–Trinajstić information content (AvgIpc) is 3.34. The van der Waals surface area contributed by atoms with E-state index in [1.54, 1.807) is 17.0 Å². The Kier molecular flexibility index (Phi) is 3.96. The zero-order valence-corrected chi connectivity index (χ0v) is 14.2. The van der Waals surface area contributed by atoms with Crippen LogP contribution in [0.25, 0.3) is 11.2 Å². The first-order chi connectivity index (χ1) is 12.2. The van der Waals surface area contributed by atoms with Crippen molar-refractivity contribution in [2.24, 2.45) is 13.0 Å². The Morgan fingerprint density at radius 3 is 3.08 bits per heavy atom. The predicted molar refractivity (Wildman–Crippen MR) is 91.8 cm³/mol. The molecule has 8 heteroatoms. The number of amides is 1. The highest BCUT2D eigenvalue weighted by Gasteiger charge is 2.38. The Balaban J connectivity index is 1.58. The van der Waals surface area contributed by atoms with Gasteiger partial charge in [-0.25, -0.2) is 15.0 Å². The minimum absolute atomic E-state index is 0.105. The number of aryl methyl sites for hydroxylation is 2. The SMILES string of the molecule is CCn1ccnc1[C@@H]1OCC[C@H]1C(=O)Nc1nc2cccnc2n1C. The van der Waals surface area contributed by atoms with Gasteiger partial charge in [-0.3, -0.25) is 14.7 Å². The molecule has 3 aromatic rings. The van der Waals surface area contributed by atoms with Crippen molar-refractivity contribution < 1.29 is 9.53 Å². The van der Waals surface area contributed by atoms with Gasteiger partial charge in [-0.2, -0.15) is 0 Å². The highest BCUT2D eigenvalue weighted by Crippen LogP contribution is 2.34. The van der Waals surface area contributed by atoms with Crippen LogP contribution >= 0.6 is 0 Å². The van der Waals surface area contributed by atoms with Gasteiger partial charge in [-0.05, 0) is 25.5 Å². The number of anilines is 1. The average molecular weight is 340 g/mol. The van der Waals surface area contributed by atoms with Crippen LogP contribution in [-0.2, 0) is 23.1 Å².